The first-order valence-corrected chi connectivity index (χ1v) is 7.30. The van der Waals surface area contributed by atoms with Gasteiger partial charge >= 0.3 is 0 Å². The third-order valence-corrected chi connectivity index (χ3v) is 5.41. The maximum Gasteiger partial charge on any atom is 0.212 e. The number of fused-ring (bicyclic) bond motifs is 1. The van der Waals surface area contributed by atoms with Gasteiger partial charge in [-0.3, -0.25) is 0 Å². The summed E-state index contributed by atoms with van der Waals surface area (Å²) in [5.41, 5.74) is 1.25. The largest absolute Gasteiger partial charge is 0.228 e. The predicted molar refractivity (Wildman–Crippen MR) is 60.7 cm³/mol. The van der Waals surface area contributed by atoms with Crippen LogP contribution in [0.25, 0.3) is 0 Å². The zero-order valence-electron chi connectivity index (χ0n) is 8.98. The van der Waals surface area contributed by atoms with E-state index < -0.39 is 10.0 Å². The van der Waals surface area contributed by atoms with Crippen molar-refractivity contribution in [3.63, 3.8) is 0 Å². The molecule has 0 aromatic carbocycles. The van der Waals surface area contributed by atoms with Gasteiger partial charge < -0.3 is 0 Å². The molecule has 0 spiro atoms. The molecule has 86 valence electrons. The number of nitrogens with two attached hydrogens (primary N) is 1. The molecule has 3 atom stereocenters. The van der Waals surface area contributed by atoms with E-state index in [0.29, 0.717) is 5.92 Å². The smallest absolute Gasteiger partial charge is 0.212 e. The van der Waals surface area contributed by atoms with Crippen molar-refractivity contribution in [2.75, 3.05) is 0 Å². The summed E-state index contributed by atoms with van der Waals surface area (Å²) >= 11 is 0. The summed E-state index contributed by atoms with van der Waals surface area (Å²) in [5.74, 6) is 0.658. The highest BCUT2D eigenvalue weighted by molar-refractivity contribution is 7.89. The van der Waals surface area contributed by atoms with Crippen molar-refractivity contribution in [2.45, 2.75) is 43.8 Å². The molecule has 0 aromatic rings. The van der Waals surface area contributed by atoms with Crippen LogP contribution in [0, 0.1) is 11.8 Å². The van der Waals surface area contributed by atoms with Gasteiger partial charge in [-0.05, 0) is 43.9 Å². The molecule has 3 unspecified atom stereocenters. The van der Waals surface area contributed by atoms with Crippen LogP contribution in [-0.4, -0.2) is 13.7 Å². The number of sulfonamides is 1. The van der Waals surface area contributed by atoms with Crippen LogP contribution in [0.3, 0.4) is 0 Å². The highest BCUT2D eigenvalue weighted by atomic mass is 32.2. The zero-order chi connectivity index (χ0) is 11.1. The fraction of sp³-hybridized carbons (Fsp3) is 0.818. The second-order valence-electron chi connectivity index (χ2n) is 4.88. The second-order valence-corrected chi connectivity index (χ2v) is 6.66. The molecule has 0 aliphatic heterocycles. The summed E-state index contributed by atoms with van der Waals surface area (Å²) in [4.78, 5) is 0. The minimum Gasteiger partial charge on any atom is -0.228 e. The topological polar surface area (TPSA) is 60.2 Å². The lowest BCUT2D eigenvalue weighted by atomic mass is 9.68. The monoisotopic (exact) mass is 229 g/mol. The molecule has 0 aromatic heterocycles. The highest BCUT2D eigenvalue weighted by Gasteiger charge is 2.41. The molecule has 2 aliphatic carbocycles. The fourth-order valence-corrected chi connectivity index (χ4v) is 4.59. The van der Waals surface area contributed by atoms with Gasteiger partial charge in [0.2, 0.25) is 10.0 Å². The van der Waals surface area contributed by atoms with Gasteiger partial charge in [-0.2, -0.15) is 0 Å². The van der Waals surface area contributed by atoms with E-state index in [9.17, 15) is 8.42 Å². The Morgan fingerprint density at radius 2 is 1.93 bits per heavy atom. The van der Waals surface area contributed by atoms with Crippen molar-refractivity contribution < 1.29 is 8.42 Å². The van der Waals surface area contributed by atoms with Gasteiger partial charge in [0, 0.05) is 0 Å². The standard InChI is InChI=1S/C11H19NO2S/c1-8-4-2-6-10-9(8)5-3-7-11(10)15(12,13)14/h9-11H,1-7H2,(H2,12,13,14). The Kier molecular flexibility index (Phi) is 2.90. The van der Waals surface area contributed by atoms with Gasteiger partial charge in [-0.25, -0.2) is 13.6 Å². The Hall–Kier alpha value is -0.350. The van der Waals surface area contributed by atoms with Crippen LogP contribution >= 0.6 is 0 Å². The van der Waals surface area contributed by atoms with Crippen LogP contribution in [0.5, 0.6) is 0 Å². The van der Waals surface area contributed by atoms with E-state index in [2.05, 4.69) is 6.58 Å². The number of hydrogen-bond acceptors (Lipinski definition) is 2. The average Bonchev–Trinajstić information content (AvgIpc) is 2.16. The quantitative estimate of drug-likeness (QED) is 0.697. The first-order chi connectivity index (χ1) is 7.00. The summed E-state index contributed by atoms with van der Waals surface area (Å²) in [6.07, 6.45) is 5.97. The molecule has 2 aliphatic rings. The van der Waals surface area contributed by atoms with Crippen molar-refractivity contribution in [3.8, 4) is 0 Å². The number of hydrogen-bond donors (Lipinski definition) is 1. The van der Waals surface area contributed by atoms with Gasteiger partial charge in [-0.15, -0.1) is 0 Å². The summed E-state index contributed by atoms with van der Waals surface area (Å²) in [6, 6.07) is 0. The first kappa shape index (κ1) is 11.1. The fourth-order valence-electron chi connectivity index (χ4n) is 3.28. The lowest BCUT2D eigenvalue weighted by Gasteiger charge is -2.41. The van der Waals surface area contributed by atoms with Gasteiger partial charge in [0.15, 0.2) is 0 Å². The van der Waals surface area contributed by atoms with Crippen molar-refractivity contribution in [1.82, 2.24) is 0 Å². The Morgan fingerprint density at radius 1 is 1.20 bits per heavy atom. The van der Waals surface area contributed by atoms with E-state index in [1.807, 2.05) is 0 Å². The molecular weight excluding hydrogens is 210 g/mol. The molecule has 0 amide bonds. The molecule has 0 heterocycles. The summed E-state index contributed by atoms with van der Waals surface area (Å²) < 4.78 is 23.0. The average molecular weight is 229 g/mol. The number of rotatable bonds is 1. The van der Waals surface area contributed by atoms with Crippen LogP contribution in [-0.2, 0) is 10.0 Å². The minimum atomic E-state index is -3.36. The third kappa shape index (κ3) is 2.11. The number of allylic oxidation sites excluding steroid dienone is 1. The van der Waals surface area contributed by atoms with Gasteiger partial charge in [0.05, 0.1) is 5.25 Å². The van der Waals surface area contributed by atoms with Crippen LogP contribution in [0.4, 0.5) is 0 Å². The van der Waals surface area contributed by atoms with Crippen molar-refractivity contribution >= 4 is 10.0 Å². The zero-order valence-corrected chi connectivity index (χ0v) is 9.80. The first-order valence-electron chi connectivity index (χ1n) is 5.69. The van der Waals surface area contributed by atoms with E-state index >= 15 is 0 Å². The molecule has 0 radical (unpaired) electrons. The number of primary sulfonamides is 1. The Balaban J connectivity index is 2.24. The normalized spacial score (nSPS) is 37.4. The molecule has 2 rings (SSSR count). The predicted octanol–water partition coefficient (Wildman–Crippen LogP) is 1.80. The molecular formula is C11H19NO2S. The van der Waals surface area contributed by atoms with Gasteiger partial charge in [-0.1, -0.05) is 18.6 Å². The van der Waals surface area contributed by atoms with E-state index in [4.69, 9.17) is 5.14 Å². The third-order valence-electron chi connectivity index (χ3n) is 3.98. The van der Waals surface area contributed by atoms with E-state index in [1.54, 1.807) is 0 Å². The molecule has 0 saturated heterocycles. The maximum absolute atomic E-state index is 11.5. The molecule has 2 N–H and O–H groups in total. The van der Waals surface area contributed by atoms with Gasteiger partial charge in [0.1, 0.15) is 0 Å². The second kappa shape index (κ2) is 3.91. The van der Waals surface area contributed by atoms with E-state index in [-0.39, 0.29) is 11.2 Å². The Labute approximate surface area is 91.8 Å². The SMILES string of the molecule is C=C1CCCC2C1CCCC2S(N)(=O)=O. The van der Waals surface area contributed by atoms with Crippen LogP contribution in [0.15, 0.2) is 12.2 Å². The maximum atomic E-state index is 11.5. The van der Waals surface area contributed by atoms with Crippen molar-refractivity contribution in [1.29, 1.82) is 0 Å². The molecule has 4 heteroatoms. The lowest BCUT2D eigenvalue weighted by Crippen LogP contribution is -2.43. The highest BCUT2D eigenvalue weighted by Crippen LogP contribution is 2.44. The summed E-state index contributed by atoms with van der Waals surface area (Å²) in [6.45, 7) is 4.08. The van der Waals surface area contributed by atoms with E-state index in [0.717, 1.165) is 38.5 Å². The van der Waals surface area contributed by atoms with Gasteiger partial charge in [0.25, 0.3) is 0 Å². The Morgan fingerprint density at radius 3 is 2.60 bits per heavy atom. The minimum absolute atomic E-state index is 0.245. The summed E-state index contributed by atoms with van der Waals surface area (Å²) in [7, 11) is -3.36. The van der Waals surface area contributed by atoms with Crippen molar-refractivity contribution in [2.24, 2.45) is 17.0 Å². The van der Waals surface area contributed by atoms with Crippen molar-refractivity contribution in [3.05, 3.63) is 12.2 Å². The van der Waals surface area contributed by atoms with Crippen LogP contribution in [0.1, 0.15) is 38.5 Å². The molecule has 2 fully saturated rings. The summed E-state index contributed by atoms with van der Waals surface area (Å²) in [5, 5.41) is 4.99. The molecule has 15 heavy (non-hydrogen) atoms. The molecule has 0 bridgehead atoms. The molecule has 3 nitrogen and oxygen atoms in total. The van der Waals surface area contributed by atoms with Crippen LogP contribution in [0.2, 0.25) is 0 Å². The van der Waals surface area contributed by atoms with E-state index in [1.165, 1.54) is 5.57 Å². The molecule has 2 saturated carbocycles. The Bertz CT molecular complexity index is 361. The lowest BCUT2D eigenvalue weighted by molar-refractivity contribution is 0.226. The van der Waals surface area contributed by atoms with Crippen LogP contribution < -0.4 is 5.14 Å².